The third-order valence-electron chi connectivity index (χ3n) is 5.72. The van der Waals surface area contributed by atoms with E-state index in [0.717, 1.165) is 50.3 Å². The Bertz CT molecular complexity index is 698. The highest BCUT2D eigenvalue weighted by Gasteiger charge is 2.38. The molecule has 3 heterocycles. The van der Waals surface area contributed by atoms with Crippen molar-refractivity contribution in [3.8, 4) is 11.5 Å². The van der Waals surface area contributed by atoms with Crippen molar-refractivity contribution in [1.82, 2.24) is 15.8 Å². The van der Waals surface area contributed by atoms with Crippen LogP contribution in [0, 0.1) is 0 Å². The minimum absolute atomic E-state index is 0.139. The van der Waals surface area contributed by atoms with Crippen LogP contribution >= 0.6 is 0 Å². The van der Waals surface area contributed by atoms with Crippen molar-refractivity contribution in [2.45, 2.75) is 63.6 Å². The molecular formula is C20H29N3O3. The molecule has 2 fully saturated rings. The molecule has 0 aliphatic carbocycles. The molecule has 1 amide bonds. The summed E-state index contributed by atoms with van der Waals surface area (Å²) in [6, 6.07) is 4.55. The van der Waals surface area contributed by atoms with Crippen molar-refractivity contribution >= 4 is 5.91 Å². The Morgan fingerprint density at radius 3 is 2.73 bits per heavy atom. The SMILES string of the molecule is COc1ccc(C2CCC(=O)N(C3CCNCC3)N2)c2c1OC(C)(C)C2. The first-order valence-corrected chi connectivity index (χ1v) is 9.66. The maximum Gasteiger partial charge on any atom is 0.237 e. The van der Waals surface area contributed by atoms with Gasteiger partial charge in [-0.3, -0.25) is 9.80 Å². The highest BCUT2D eigenvalue weighted by molar-refractivity contribution is 5.77. The number of benzene rings is 1. The first-order chi connectivity index (χ1) is 12.5. The van der Waals surface area contributed by atoms with Gasteiger partial charge in [0.15, 0.2) is 11.5 Å². The van der Waals surface area contributed by atoms with Gasteiger partial charge in [-0.15, -0.1) is 0 Å². The van der Waals surface area contributed by atoms with Gasteiger partial charge in [-0.2, -0.15) is 0 Å². The first kappa shape index (κ1) is 17.6. The quantitative estimate of drug-likeness (QED) is 0.867. The Morgan fingerprint density at radius 1 is 1.23 bits per heavy atom. The van der Waals surface area contributed by atoms with Crippen molar-refractivity contribution < 1.29 is 14.3 Å². The summed E-state index contributed by atoms with van der Waals surface area (Å²) in [6.07, 6.45) is 4.27. The number of rotatable bonds is 3. The van der Waals surface area contributed by atoms with Crippen LogP contribution in [0.4, 0.5) is 0 Å². The number of methoxy groups -OCH3 is 1. The minimum Gasteiger partial charge on any atom is -0.493 e. The Labute approximate surface area is 155 Å². The summed E-state index contributed by atoms with van der Waals surface area (Å²) in [5.41, 5.74) is 5.76. The summed E-state index contributed by atoms with van der Waals surface area (Å²) in [5, 5.41) is 5.28. The van der Waals surface area contributed by atoms with E-state index in [1.807, 2.05) is 11.1 Å². The monoisotopic (exact) mass is 359 g/mol. The van der Waals surface area contributed by atoms with Gasteiger partial charge in [0.1, 0.15) is 5.60 Å². The predicted molar refractivity (Wildman–Crippen MR) is 99.3 cm³/mol. The number of carbonyl (C=O) groups excluding carboxylic acids is 1. The van der Waals surface area contributed by atoms with E-state index in [1.54, 1.807) is 7.11 Å². The van der Waals surface area contributed by atoms with Gasteiger partial charge in [-0.25, -0.2) is 5.43 Å². The van der Waals surface area contributed by atoms with Crippen molar-refractivity contribution in [2.75, 3.05) is 20.2 Å². The van der Waals surface area contributed by atoms with E-state index >= 15 is 0 Å². The normalized spacial score (nSPS) is 25.7. The van der Waals surface area contributed by atoms with Gasteiger partial charge >= 0.3 is 0 Å². The number of ether oxygens (including phenoxy) is 2. The smallest absolute Gasteiger partial charge is 0.237 e. The lowest BCUT2D eigenvalue weighted by molar-refractivity contribution is -0.143. The molecule has 2 saturated heterocycles. The lowest BCUT2D eigenvalue weighted by Gasteiger charge is -2.41. The van der Waals surface area contributed by atoms with E-state index in [2.05, 4.69) is 30.7 Å². The van der Waals surface area contributed by atoms with Crippen molar-refractivity contribution in [3.63, 3.8) is 0 Å². The third-order valence-corrected chi connectivity index (χ3v) is 5.72. The number of hydrogen-bond acceptors (Lipinski definition) is 5. The number of fused-ring (bicyclic) bond motifs is 1. The highest BCUT2D eigenvalue weighted by Crippen LogP contribution is 2.46. The number of piperidine rings is 1. The second-order valence-electron chi connectivity index (χ2n) is 8.17. The Balaban J connectivity index is 1.62. The first-order valence-electron chi connectivity index (χ1n) is 9.66. The van der Waals surface area contributed by atoms with Gasteiger partial charge in [0.25, 0.3) is 0 Å². The second kappa shape index (κ2) is 6.74. The molecular weight excluding hydrogens is 330 g/mol. The molecule has 3 aliphatic heterocycles. The molecule has 1 unspecified atom stereocenters. The van der Waals surface area contributed by atoms with Crippen LogP contribution in [-0.4, -0.2) is 42.8 Å². The number of carbonyl (C=O) groups is 1. The van der Waals surface area contributed by atoms with E-state index in [-0.39, 0.29) is 23.6 Å². The maximum atomic E-state index is 12.5. The van der Waals surface area contributed by atoms with E-state index in [1.165, 1.54) is 11.1 Å². The van der Waals surface area contributed by atoms with Crippen LogP contribution in [0.15, 0.2) is 12.1 Å². The van der Waals surface area contributed by atoms with E-state index in [0.29, 0.717) is 6.42 Å². The molecule has 0 saturated carbocycles. The molecule has 1 atom stereocenters. The zero-order valence-corrected chi connectivity index (χ0v) is 15.9. The number of nitrogens with zero attached hydrogens (tertiary/aromatic N) is 1. The molecule has 4 rings (SSSR count). The Hall–Kier alpha value is -1.79. The average molecular weight is 359 g/mol. The lowest BCUT2D eigenvalue weighted by Crippen LogP contribution is -2.56. The van der Waals surface area contributed by atoms with E-state index in [4.69, 9.17) is 9.47 Å². The fraction of sp³-hybridized carbons (Fsp3) is 0.650. The molecule has 6 nitrogen and oxygen atoms in total. The van der Waals surface area contributed by atoms with Crippen LogP contribution in [-0.2, 0) is 11.2 Å². The van der Waals surface area contributed by atoms with Crippen molar-refractivity contribution in [1.29, 1.82) is 0 Å². The minimum atomic E-state index is -0.231. The van der Waals surface area contributed by atoms with Crippen molar-refractivity contribution in [3.05, 3.63) is 23.3 Å². The summed E-state index contributed by atoms with van der Waals surface area (Å²) in [4.78, 5) is 12.5. The zero-order chi connectivity index (χ0) is 18.3. The number of hydrazine groups is 1. The standard InChI is InChI=1S/C20H29N3O3/c1-20(2)12-15-14(4-6-17(25-3)19(15)26-20)16-5-7-18(24)23(22-16)13-8-10-21-11-9-13/h4,6,13,16,21-22H,5,7-12H2,1-3H3. The molecule has 0 spiro atoms. The summed E-state index contributed by atoms with van der Waals surface area (Å²) in [7, 11) is 1.68. The van der Waals surface area contributed by atoms with Gasteiger partial charge in [-0.05, 0) is 57.8 Å². The summed E-state index contributed by atoms with van der Waals surface area (Å²) in [6.45, 7) is 6.16. The second-order valence-corrected chi connectivity index (χ2v) is 8.17. The van der Waals surface area contributed by atoms with Gasteiger partial charge in [-0.1, -0.05) is 6.07 Å². The van der Waals surface area contributed by atoms with Crippen LogP contribution in [0.5, 0.6) is 11.5 Å². The summed E-state index contributed by atoms with van der Waals surface area (Å²) in [5.74, 6) is 1.87. The number of hydrogen-bond donors (Lipinski definition) is 2. The van der Waals surface area contributed by atoms with Crippen LogP contribution in [0.3, 0.4) is 0 Å². The average Bonchev–Trinajstić information content (AvgIpc) is 2.97. The molecule has 0 bridgehead atoms. The van der Waals surface area contributed by atoms with Crippen LogP contribution < -0.4 is 20.2 Å². The molecule has 6 heteroatoms. The molecule has 1 aromatic rings. The molecule has 2 N–H and O–H groups in total. The molecule has 1 aromatic carbocycles. The molecule has 3 aliphatic rings. The highest BCUT2D eigenvalue weighted by atomic mass is 16.5. The van der Waals surface area contributed by atoms with Crippen LogP contribution in [0.1, 0.15) is 56.7 Å². The largest absolute Gasteiger partial charge is 0.493 e. The maximum absolute atomic E-state index is 12.5. The number of amides is 1. The third kappa shape index (κ3) is 3.16. The predicted octanol–water partition coefficient (Wildman–Crippen LogP) is 2.33. The number of nitrogens with one attached hydrogen (secondary N) is 2. The molecule has 26 heavy (non-hydrogen) atoms. The van der Waals surface area contributed by atoms with Crippen LogP contribution in [0.2, 0.25) is 0 Å². The van der Waals surface area contributed by atoms with Gasteiger partial charge in [0.2, 0.25) is 5.91 Å². The van der Waals surface area contributed by atoms with Gasteiger partial charge in [0, 0.05) is 18.4 Å². The summed E-state index contributed by atoms with van der Waals surface area (Å²) < 4.78 is 11.7. The zero-order valence-electron chi connectivity index (χ0n) is 15.9. The van der Waals surface area contributed by atoms with Gasteiger partial charge < -0.3 is 14.8 Å². The molecule has 142 valence electrons. The fourth-order valence-corrected chi connectivity index (χ4v) is 4.43. The fourth-order valence-electron chi connectivity index (χ4n) is 4.43. The van der Waals surface area contributed by atoms with E-state index in [9.17, 15) is 4.79 Å². The van der Waals surface area contributed by atoms with Crippen LogP contribution in [0.25, 0.3) is 0 Å². The van der Waals surface area contributed by atoms with Gasteiger partial charge in [0.05, 0.1) is 19.2 Å². The summed E-state index contributed by atoms with van der Waals surface area (Å²) >= 11 is 0. The topological polar surface area (TPSA) is 62.8 Å². The Kier molecular flexibility index (Phi) is 4.57. The lowest BCUT2D eigenvalue weighted by atomic mass is 9.90. The Morgan fingerprint density at radius 2 is 2.00 bits per heavy atom. The van der Waals surface area contributed by atoms with E-state index < -0.39 is 0 Å². The molecule has 0 radical (unpaired) electrons. The molecule has 0 aromatic heterocycles. The van der Waals surface area contributed by atoms with Crippen molar-refractivity contribution in [2.24, 2.45) is 0 Å².